The van der Waals surface area contributed by atoms with Crippen molar-refractivity contribution < 1.29 is 21.6 Å². The summed E-state index contributed by atoms with van der Waals surface area (Å²) in [6.07, 6.45) is -2.55. The van der Waals surface area contributed by atoms with Gasteiger partial charge in [-0.05, 0) is 18.9 Å². The fourth-order valence-corrected chi connectivity index (χ4v) is 2.28. The van der Waals surface area contributed by atoms with Crippen LogP contribution >= 0.6 is 0 Å². The molecule has 0 radical (unpaired) electrons. The lowest BCUT2D eigenvalue weighted by atomic mass is 10.1. The van der Waals surface area contributed by atoms with E-state index in [1.54, 1.807) is 0 Å². The minimum absolute atomic E-state index is 0.0305. The van der Waals surface area contributed by atoms with Crippen molar-refractivity contribution in [2.45, 2.75) is 12.6 Å². The molecule has 0 saturated carbocycles. The molecule has 0 spiro atoms. The van der Waals surface area contributed by atoms with E-state index in [-0.39, 0.29) is 12.5 Å². The minimum atomic E-state index is -4.18. The van der Waals surface area contributed by atoms with Crippen LogP contribution in [0.3, 0.4) is 0 Å². The maximum atomic E-state index is 12.1. The van der Waals surface area contributed by atoms with E-state index in [9.17, 15) is 21.6 Å². The number of rotatable bonds is 4. The van der Waals surface area contributed by atoms with Gasteiger partial charge in [0.1, 0.15) is 0 Å². The minimum Gasteiger partial charge on any atom is -0.295 e. The lowest BCUT2D eigenvalue weighted by molar-refractivity contribution is -0.143. The Balaban J connectivity index is 2.30. The first-order chi connectivity index (χ1) is 7.16. The molecule has 16 heavy (non-hydrogen) atoms. The number of sulfonamides is 1. The van der Waals surface area contributed by atoms with Crippen molar-refractivity contribution >= 4 is 10.0 Å². The second-order valence-electron chi connectivity index (χ2n) is 4.13. The maximum Gasteiger partial charge on any atom is 0.401 e. The van der Waals surface area contributed by atoms with E-state index in [1.807, 2.05) is 0 Å². The highest BCUT2D eigenvalue weighted by molar-refractivity contribution is 7.88. The molecule has 1 atom stereocenters. The van der Waals surface area contributed by atoms with E-state index in [0.29, 0.717) is 19.5 Å². The fourth-order valence-electron chi connectivity index (χ4n) is 1.75. The van der Waals surface area contributed by atoms with Crippen LogP contribution in [0.15, 0.2) is 0 Å². The summed E-state index contributed by atoms with van der Waals surface area (Å²) >= 11 is 0. The van der Waals surface area contributed by atoms with Gasteiger partial charge in [-0.2, -0.15) is 13.2 Å². The number of nitrogens with one attached hydrogen (secondary N) is 1. The Morgan fingerprint density at radius 3 is 2.56 bits per heavy atom. The molecule has 1 N–H and O–H groups in total. The van der Waals surface area contributed by atoms with Crippen molar-refractivity contribution in [3.63, 3.8) is 0 Å². The largest absolute Gasteiger partial charge is 0.401 e. The summed E-state index contributed by atoms with van der Waals surface area (Å²) in [6.45, 7) is -0.0345. The molecule has 1 heterocycles. The second kappa shape index (κ2) is 4.89. The first-order valence-electron chi connectivity index (χ1n) is 4.89. The van der Waals surface area contributed by atoms with Gasteiger partial charge in [0, 0.05) is 13.1 Å². The number of hydrogen-bond donors (Lipinski definition) is 1. The molecule has 1 unspecified atom stereocenters. The van der Waals surface area contributed by atoms with Gasteiger partial charge in [0.2, 0.25) is 10.0 Å². The Morgan fingerprint density at radius 1 is 1.44 bits per heavy atom. The van der Waals surface area contributed by atoms with Crippen LogP contribution in [0.25, 0.3) is 0 Å². The molecule has 8 heteroatoms. The second-order valence-corrected chi connectivity index (χ2v) is 5.96. The Bertz CT molecular complexity index is 329. The third kappa shape index (κ3) is 5.66. The van der Waals surface area contributed by atoms with Gasteiger partial charge in [-0.3, -0.25) is 4.90 Å². The van der Waals surface area contributed by atoms with Crippen molar-refractivity contribution in [1.29, 1.82) is 0 Å². The summed E-state index contributed by atoms with van der Waals surface area (Å²) in [5.41, 5.74) is 0. The van der Waals surface area contributed by atoms with Gasteiger partial charge >= 0.3 is 6.18 Å². The van der Waals surface area contributed by atoms with Gasteiger partial charge < -0.3 is 0 Å². The van der Waals surface area contributed by atoms with E-state index < -0.39 is 22.7 Å². The first-order valence-corrected chi connectivity index (χ1v) is 6.78. The van der Waals surface area contributed by atoms with Crippen LogP contribution < -0.4 is 4.72 Å². The van der Waals surface area contributed by atoms with Crippen molar-refractivity contribution in [2.75, 3.05) is 32.4 Å². The molecule has 1 rings (SSSR count). The third-order valence-electron chi connectivity index (χ3n) is 2.41. The van der Waals surface area contributed by atoms with Gasteiger partial charge in [-0.1, -0.05) is 0 Å². The van der Waals surface area contributed by atoms with E-state index >= 15 is 0 Å². The Hall–Kier alpha value is -0.340. The molecule has 0 aromatic heterocycles. The molecule has 96 valence electrons. The quantitative estimate of drug-likeness (QED) is 0.797. The molecule has 1 aliphatic rings. The molecule has 0 aromatic rings. The number of hydrogen-bond acceptors (Lipinski definition) is 3. The van der Waals surface area contributed by atoms with Gasteiger partial charge in [0.15, 0.2) is 0 Å². The summed E-state index contributed by atoms with van der Waals surface area (Å²) in [5, 5.41) is 0. The maximum absolute atomic E-state index is 12.1. The summed E-state index contributed by atoms with van der Waals surface area (Å²) in [5.74, 6) is -0.0305. The molecule has 1 fully saturated rings. The summed E-state index contributed by atoms with van der Waals surface area (Å²) in [7, 11) is -3.25. The van der Waals surface area contributed by atoms with Crippen LogP contribution in [0.2, 0.25) is 0 Å². The predicted molar refractivity (Wildman–Crippen MR) is 53.4 cm³/mol. The fraction of sp³-hybridized carbons (Fsp3) is 1.00. The van der Waals surface area contributed by atoms with E-state index in [4.69, 9.17) is 0 Å². The molecule has 0 aromatic carbocycles. The van der Waals surface area contributed by atoms with Crippen LogP contribution in [-0.2, 0) is 10.0 Å². The SMILES string of the molecule is CS(=O)(=O)NCC1CCN(CC(F)(F)F)C1. The van der Waals surface area contributed by atoms with Gasteiger partial charge in [0.25, 0.3) is 0 Å². The zero-order valence-corrected chi connectivity index (χ0v) is 9.74. The van der Waals surface area contributed by atoms with Crippen molar-refractivity contribution in [3.8, 4) is 0 Å². The summed E-state index contributed by atoms with van der Waals surface area (Å²) in [6, 6.07) is 0. The highest BCUT2D eigenvalue weighted by Crippen LogP contribution is 2.22. The number of likely N-dealkylation sites (tertiary alicyclic amines) is 1. The standard InChI is InChI=1S/C8H15F3N2O2S/c1-16(14,15)12-4-7-2-3-13(5-7)6-8(9,10)11/h7,12H,2-6H2,1H3. The lowest BCUT2D eigenvalue weighted by Gasteiger charge is -2.17. The molecule has 1 saturated heterocycles. The third-order valence-corrected chi connectivity index (χ3v) is 3.10. The number of nitrogens with zero attached hydrogens (tertiary/aromatic N) is 1. The normalized spacial score (nSPS) is 23.9. The molecule has 0 bridgehead atoms. The summed E-state index contributed by atoms with van der Waals surface area (Å²) < 4.78 is 60.1. The Morgan fingerprint density at radius 2 is 2.06 bits per heavy atom. The molecular formula is C8H15F3N2O2S. The smallest absolute Gasteiger partial charge is 0.295 e. The molecular weight excluding hydrogens is 245 g/mol. The highest BCUT2D eigenvalue weighted by atomic mass is 32.2. The number of alkyl halides is 3. The summed E-state index contributed by atoms with van der Waals surface area (Å²) in [4.78, 5) is 1.30. The topological polar surface area (TPSA) is 49.4 Å². The van der Waals surface area contributed by atoms with Gasteiger partial charge in [-0.15, -0.1) is 0 Å². The van der Waals surface area contributed by atoms with Crippen LogP contribution in [0, 0.1) is 5.92 Å². The molecule has 4 nitrogen and oxygen atoms in total. The first kappa shape index (κ1) is 13.7. The van der Waals surface area contributed by atoms with Crippen LogP contribution in [0.5, 0.6) is 0 Å². The zero-order chi connectivity index (χ0) is 12.4. The van der Waals surface area contributed by atoms with Crippen molar-refractivity contribution in [2.24, 2.45) is 5.92 Å². The molecule has 1 aliphatic heterocycles. The van der Waals surface area contributed by atoms with E-state index in [1.165, 1.54) is 4.90 Å². The zero-order valence-electron chi connectivity index (χ0n) is 8.92. The van der Waals surface area contributed by atoms with Crippen molar-refractivity contribution in [3.05, 3.63) is 0 Å². The van der Waals surface area contributed by atoms with Gasteiger partial charge in [-0.25, -0.2) is 13.1 Å². The predicted octanol–water partition coefficient (Wildman–Crippen LogP) is 0.420. The highest BCUT2D eigenvalue weighted by Gasteiger charge is 2.34. The Kier molecular flexibility index (Phi) is 4.19. The van der Waals surface area contributed by atoms with Gasteiger partial charge in [0.05, 0.1) is 12.8 Å². The average Bonchev–Trinajstić information content (AvgIpc) is 2.44. The van der Waals surface area contributed by atoms with Crippen LogP contribution in [0.1, 0.15) is 6.42 Å². The Labute approximate surface area is 92.9 Å². The lowest BCUT2D eigenvalue weighted by Crippen LogP contribution is -2.34. The average molecular weight is 260 g/mol. The van der Waals surface area contributed by atoms with E-state index in [2.05, 4.69) is 4.72 Å². The number of halogens is 3. The van der Waals surface area contributed by atoms with E-state index in [0.717, 1.165) is 6.26 Å². The van der Waals surface area contributed by atoms with Crippen molar-refractivity contribution in [1.82, 2.24) is 9.62 Å². The molecule has 0 aliphatic carbocycles. The monoisotopic (exact) mass is 260 g/mol. The molecule has 0 amide bonds. The van der Waals surface area contributed by atoms with Crippen LogP contribution in [-0.4, -0.2) is 51.9 Å². The van der Waals surface area contributed by atoms with Crippen LogP contribution in [0.4, 0.5) is 13.2 Å².